The molecule has 5 heteroatoms. The van der Waals surface area contributed by atoms with Crippen molar-refractivity contribution in [2.45, 2.75) is 45.1 Å². The van der Waals surface area contributed by atoms with Crippen LogP contribution in [-0.4, -0.2) is 65.8 Å². The van der Waals surface area contributed by atoms with Crippen molar-refractivity contribution in [3.63, 3.8) is 0 Å². The molecule has 2 fully saturated rings. The summed E-state index contributed by atoms with van der Waals surface area (Å²) in [5.41, 5.74) is -0.500. The lowest BCUT2D eigenvalue weighted by Gasteiger charge is -2.42. The fourth-order valence-corrected chi connectivity index (χ4v) is 3.25. The Labute approximate surface area is 122 Å². The van der Waals surface area contributed by atoms with Crippen LogP contribution in [0.15, 0.2) is 0 Å². The molecule has 2 N–H and O–H groups in total. The van der Waals surface area contributed by atoms with E-state index < -0.39 is 5.60 Å². The van der Waals surface area contributed by atoms with Gasteiger partial charge >= 0.3 is 6.03 Å². The summed E-state index contributed by atoms with van der Waals surface area (Å²) in [6.07, 6.45) is 4.11. The van der Waals surface area contributed by atoms with Crippen molar-refractivity contribution in [1.29, 1.82) is 0 Å². The molecular formula is C15H29N3O2. The molecule has 1 aliphatic heterocycles. The third-order valence-electron chi connectivity index (χ3n) is 4.71. The summed E-state index contributed by atoms with van der Waals surface area (Å²) in [5.74, 6) is 0.755. The summed E-state index contributed by atoms with van der Waals surface area (Å²) in [5, 5.41) is 13.5. The van der Waals surface area contributed by atoms with Gasteiger partial charge in [-0.05, 0) is 38.5 Å². The predicted molar refractivity (Wildman–Crippen MR) is 79.7 cm³/mol. The van der Waals surface area contributed by atoms with E-state index in [0.717, 1.165) is 64.3 Å². The van der Waals surface area contributed by atoms with Crippen LogP contribution in [0.3, 0.4) is 0 Å². The summed E-state index contributed by atoms with van der Waals surface area (Å²) < 4.78 is 0. The Morgan fingerprint density at radius 2 is 1.85 bits per heavy atom. The quantitative estimate of drug-likeness (QED) is 0.820. The average Bonchev–Trinajstić information content (AvgIpc) is 2.43. The minimum Gasteiger partial charge on any atom is -0.389 e. The van der Waals surface area contributed by atoms with Crippen LogP contribution < -0.4 is 5.32 Å². The van der Waals surface area contributed by atoms with Gasteiger partial charge in [-0.25, -0.2) is 4.79 Å². The summed E-state index contributed by atoms with van der Waals surface area (Å²) in [4.78, 5) is 15.9. The molecule has 0 aromatic rings. The maximum Gasteiger partial charge on any atom is 0.317 e. The molecule has 0 aromatic carbocycles. The second-order valence-corrected chi connectivity index (χ2v) is 6.51. The smallest absolute Gasteiger partial charge is 0.317 e. The van der Waals surface area contributed by atoms with Crippen molar-refractivity contribution in [2.75, 3.05) is 39.3 Å². The molecule has 0 bridgehead atoms. The lowest BCUT2D eigenvalue weighted by atomic mass is 9.79. The van der Waals surface area contributed by atoms with Gasteiger partial charge in [-0.1, -0.05) is 6.92 Å². The van der Waals surface area contributed by atoms with Crippen LogP contribution in [-0.2, 0) is 0 Å². The largest absolute Gasteiger partial charge is 0.389 e. The summed E-state index contributed by atoms with van der Waals surface area (Å²) in [6, 6.07) is 0.0392. The Morgan fingerprint density at radius 3 is 2.40 bits per heavy atom. The molecule has 1 aliphatic carbocycles. The van der Waals surface area contributed by atoms with Crippen molar-refractivity contribution in [2.24, 2.45) is 5.92 Å². The number of aliphatic hydroxyl groups is 1. The second kappa shape index (κ2) is 6.76. The highest BCUT2D eigenvalue weighted by atomic mass is 16.3. The number of nitrogens with zero attached hydrogens (tertiary/aromatic N) is 2. The maximum atomic E-state index is 11.7. The first-order valence-corrected chi connectivity index (χ1v) is 8.00. The molecule has 1 heterocycles. The Kier molecular flexibility index (Phi) is 5.27. The maximum absolute atomic E-state index is 11.7. The molecule has 0 unspecified atom stereocenters. The first-order valence-electron chi connectivity index (χ1n) is 8.00. The summed E-state index contributed by atoms with van der Waals surface area (Å²) in [6.45, 7) is 8.92. The van der Waals surface area contributed by atoms with Gasteiger partial charge in [0, 0.05) is 39.3 Å². The van der Waals surface area contributed by atoms with E-state index in [0.29, 0.717) is 6.54 Å². The molecule has 0 spiro atoms. The van der Waals surface area contributed by atoms with Crippen LogP contribution in [0.5, 0.6) is 0 Å². The van der Waals surface area contributed by atoms with Gasteiger partial charge in [0.1, 0.15) is 0 Å². The Hall–Kier alpha value is -0.810. The van der Waals surface area contributed by atoms with Gasteiger partial charge in [0.25, 0.3) is 0 Å². The van der Waals surface area contributed by atoms with Crippen molar-refractivity contribution < 1.29 is 9.90 Å². The van der Waals surface area contributed by atoms with Crippen LogP contribution in [0.25, 0.3) is 0 Å². The standard InChI is InChI=1S/C15H29N3O2/c1-3-16-14(19)18-10-8-17(9-11-18)12-15(20)6-4-13(2)5-7-15/h13,20H,3-12H2,1-2H3,(H,16,19). The van der Waals surface area contributed by atoms with Gasteiger partial charge in [-0.15, -0.1) is 0 Å². The normalized spacial score (nSPS) is 32.1. The van der Waals surface area contributed by atoms with Gasteiger partial charge in [-0.3, -0.25) is 4.90 Å². The number of urea groups is 1. The van der Waals surface area contributed by atoms with E-state index in [1.165, 1.54) is 0 Å². The van der Waals surface area contributed by atoms with Gasteiger partial charge in [0.15, 0.2) is 0 Å². The summed E-state index contributed by atoms with van der Waals surface area (Å²) >= 11 is 0. The number of hydrogen-bond acceptors (Lipinski definition) is 3. The molecule has 2 rings (SSSR count). The zero-order valence-electron chi connectivity index (χ0n) is 12.9. The average molecular weight is 283 g/mol. The molecule has 5 nitrogen and oxygen atoms in total. The third-order valence-corrected chi connectivity index (χ3v) is 4.71. The van der Waals surface area contributed by atoms with Crippen LogP contribution in [0.1, 0.15) is 39.5 Å². The molecule has 2 amide bonds. The highest BCUT2D eigenvalue weighted by Gasteiger charge is 2.34. The first kappa shape index (κ1) is 15.6. The number of nitrogens with one attached hydrogen (secondary N) is 1. The number of carbonyl (C=O) groups excluding carboxylic acids is 1. The van der Waals surface area contributed by atoms with E-state index in [4.69, 9.17) is 0 Å². The van der Waals surface area contributed by atoms with Crippen molar-refractivity contribution in [3.8, 4) is 0 Å². The van der Waals surface area contributed by atoms with E-state index in [1.807, 2.05) is 11.8 Å². The van der Waals surface area contributed by atoms with Crippen molar-refractivity contribution >= 4 is 6.03 Å². The molecule has 2 aliphatic rings. The molecule has 1 saturated heterocycles. The number of hydrogen-bond donors (Lipinski definition) is 2. The number of piperazine rings is 1. The third kappa shape index (κ3) is 4.09. The SMILES string of the molecule is CCNC(=O)N1CCN(CC2(O)CCC(C)CC2)CC1. The molecule has 0 radical (unpaired) electrons. The minimum absolute atomic E-state index is 0.0392. The molecule has 20 heavy (non-hydrogen) atoms. The number of rotatable bonds is 3. The van der Waals surface area contributed by atoms with Crippen LogP contribution in [0, 0.1) is 5.92 Å². The lowest BCUT2D eigenvalue weighted by molar-refractivity contribution is -0.0411. The van der Waals surface area contributed by atoms with E-state index in [9.17, 15) is 9.90 Å². The molecular weight excluding hydrogens is 254 g/mol. The van der Waals surface area contributed by atoms with Crippen LogP contribution >= 0.6 is 0 Å². The van der Waals surface area contributed by atoms with E-state index in [2.05, 4.69) is 17.1 Å². The van der Waals surface area contributed by atoms with Gasteiger partial charge in [0.05, 0.1) is 5.60 Å². The Bertz CT molecular complexity index is 319. The van der Waals surface area contributed by atoms with E-state index >= 15 is 0 Å². The topological polar surface area (TPSA) is 55.8 Å². The Morgan fingerprint density at radius 1 is 1.25 bits per heavy atom. The van der Waals surface area contributed by atoms with Crippen LogP contribution in [0.4, 0.5) is 4.79 Å². The number of amides is 2. The van der Waals surface area contributed by atoms with Crippen molar-refractivity contribution in [3.05, 3.63) is 0 Å². The van der Waals surface area contributed by atoms with Gasteiger partial charge < -0.3 is 15.3 Å². The number of β-amino-alcohol motifs (C(OH)–C–C–N with tert-alkyl or cyclic N) is 1. The molecule has 116 valence electrons. The highest BCUT2D eigenvalue weighted by molar-refractivity contribution is 5.74. The van der Waals surface area contributed by atoms with Crippen LogP contribution in [0.2, 0.25) is 0 Å². The fraction of sp³-hybridized carbons (Fsp3) is 0.933. The molecule has 0 aromatic heterocycles. The van der Waals surface area contributed by atoms with Gasteiger partial charge in [-0.2, -0.15) is 0 Å². The van der Waals surface area contributed by atoms with E-state index in [1.54, 1.807) is 0 Å². The van der Waals surface area contributed by atoms with Crippen molar-refractivity contribution in [1.82, 2.24) is 15.1 Å². The van der Waals surface area contributed by atoms with E-state index in [-0.39, 0.29) is 6.03 Å². The molecule has 1 saturated carbocycles. The fourth-order valence-electron chi connectivity index (χ4n) is 3.25. The lowest BCUT2D eigenvalue weighted by Crippen LogP contribution is -2.55. The molecule has 0 atom stereocenters. The monoisotopic (exact) mass is 283 g/mol. The van der Waals surface area contributed by atoms with Gasteiger partial charge in [0.2, 0.25) is 0 Å². The highest BCUT2D eigenvalue weighted by Crippen LogP contribution is 2.32. The number of carbonyl (C=O) groups is 1. The first-order chi connectivity index (χ1) is 9.52. The zero-order chi connectivity index (χ0) is 14.6. The predicted octanol–water partition coefficient (Wildman–Crippen LogP) is 1.27. The zero-order valence-corrected chi connectivity index (χ0v) is 12.9. The minimum atomic E-state index is -0.500. The second-order valence-electron chi connectivity index (χ2n) is 6.51. The summed E-state index contributed by atoms with van der Waals surface area (Å²) in [7, 11) is 0. The Balaban J connectivity index is 1.75.